The Hall–Kier alpha value is -0.300. The Morgan fingerprint density at radius 2 is 2.19 bits per heavy atom. The molecule has 5 nitrogen and oxygen atoms in total. The van der Waals surface area contributed by atoms with Crippen LogP contribution in [0, 0.1) is 0 Å². The zero-order valence-corrected chi connectivity index (χ0v) is 10.7. The van der Waals surface area contributed by atoms with Gasteiger partial charge < -0.3 is 19.8 Å². The fraction of sp³-hybridized carbons (Fsp3) is 0.900. The second-order valence-corrected chi connectivity index (χ2v) is 4.83. The first-order valence-electron chi connectivity index (χ1n) is 5.23. The first kappa shape index (κ1) is 15.7. The summed E-state index contributed by atoms with van der Waals surface area (Å²) >= 11 is 1.43. The molecule has 1 unspecified atom stereocenters. The number of likely N-dealkylation sites (N-methyl/N-ethyl adjacent to an activating group) is 1. The van der Waals surface area contributed by atoms with Crippen molar-refractivity contribution in [3.8, 4) is 0 Å². The van der Waals surface area contributed by atoms with Crippen LogP contribution in [0.1, 0.15) is 6.42 Å². The summed E-state index contributed by atoms with van der Waals surface area (Å²) in [7, 11) is 3.83. The Kier molecular flexibility index (Phi) is 9.71. The second-order valence-electron chi connectivity index (χ2n) is 3.69. The summed E-state index contributed by atoms with van der Waals surface area (Å²) in [6.07, 6.45) is -0.356. The highest BCUT2D eigenvalue weighted by molar-refractivity contribution is 7.99. The predicted octanol–water partition coefficient (Wildman–Crippen LogP) is -0.432. The van der Waals surface area contributed by atoms with Crippen LogP contribution in [0.3, 0.4) is 0 Å². The maximum Gasteiger partial charge on any atom is 0.306 e. The van der Waals surface area contributed by atoms with Gasteiger partial charge in [0, 0.05) is 18.1 Å². The number of aliphatic hydroxyl groups is 2. The molecule has 0 aromatic rings. The van der Waals surface area contributed by atoms with Crippen LogP contribution in [-0.2, 0) is 9.53 Å². The molecule has 0 fully saturated rings. The molecule has 0 aliphatic rings. The first-order valence-corrected chi connectivity index (χ1v) is 6.38. The van der Waals surface area contributed by atoms with Gasteiger partial charge in [-0.25, -0.2) is 0 Å². The van der Waals surface area contributed by atoms with E-state index in [4.69, 9.17) is 14.9 Å². The molecule has 2 N–H and O–H groups in total. The van der Waals surface area contributed by atoms with Gasteiger partial charge in [0.1, 0.15) is 6.61 Å². The minimum atomic E-state index is -0.699. The van der Waals surface area contributed by atoms with Crippen molar-refractivity contribution in [3.05, 3.63) is 0 Å². The van der Waals surface area contributed by atoms with Crippen LogP contribution in [0.2, 0.25) is 0 Å². The quantitative estimate of drug-likeness (QED) is 0.428. The maximum absolute atomic E-state index is 11.2. The van der Waals surface area contributed by atoms with E-state index in [9.17, 15) is 4.79 Å². The highest BCUT2D eigenvalue weighted by Crippen LogP contribution is 2.05. The summed E-state index contributed by atoms with van der Waals surface area (Å²) in [5, 5.41) is 17.6. The van der Waals surface area contributed by atoms with E-state index in [1.807, 2.05) is 19.0 Å². The Morgan fingerprint density at radius 3 is 2.75 bits per heavy atom. The SMILES string of the molecule is CN(C)CCOC(=O)CCSCC(O)CO. The van der Waals surface area contributed by atoms with Crippen molar-refractivity contribution >= 4 is 17.7 Å². The molecule has 0 rings (SSSR count). The number of hydrogen-bond donors (Lipinski definition) is 2. The van der Waals surface area contributed by atoms with Crippen molar-refractivity contribution in [2.24, 2.45) is 0 Å². The van der Waals surface area contributed by atoms with Crippen molar-refractivity contribution < 1.29 is 19.7 Å². The molecule has 0 bridgehead atoms. The highest BCUT2D eigenvalue weighted by atomic mass is 32.2. The number of esters is 1. The number of aliphatic hydroxyl groups excluding tert-OH is 2. The molecule has 0 spiro atoms. The van der Waals surface area contributed by atoms with Gasteiger partial charge >= 0.3 is 5.97 Å². The summed E-state index contributed by atoms with van der Waals surface area (Å²) in [6, 6.07) is 0. The van der Waals surface area contributed by atoms with Gasteiger partial charge in [0.05, 0.1) is 19.1 Å². The van der Waals surface area contributed by atoms with E-state index in [1.54, 1.807) is 0 Å². The Balaban J connectivity index is 3.30. The molecule has 0 aliphatic heterocycles. The van der Waals surface area contributed by atoms with Crippen molar-refractivity contribution in [3.63, 3.8) is 0 Å². The third kappa shape index (κ3) is 10.2. The van der Waals surface area contributed by atoms with Gasteiger partial charge in [-0.05, 0) is 14.1 Å². The molecule has 6 heteroatoms. The number of rotatable bonds is 9. The van der Waals surface area contributed by atoms with Crippen LogP contribution in [0.4, 0.5) is 0 Å². The molecule has 0 heterocycles. The average Bonchev–Trinajstić information content (AvgIpc) is 2.23. The molecular weight excluding hydrogens is 230 g/mol. The summed E-state index contributed by atoms with van der Waals surface area (Å²) in [6.45, 7) is 0.901. The van der Waals surface area contributed by atoms with Gasteiger partial charge in [-0.1, -0.05) is 0 Å². The molecule has 0 aromatic heterocycles. The van der Waals surface area contributed by atoms with Crippen LogP contribution in [0.5, 0.6) is 0 Å². The minimum absolute atomic E-state index is 0.215. The van der Waals surface area contributed by atoms with Gasteiger partial charge in [0.2, 0.25) is 0 Å². The molecule has 96 valence electrons. The molecule has 0 saturated heterocycles. The molecular formula is C10H21NO4S. The Bertz CT molecular complexity index is 190. The first-order chi connectivity index (χ1) is 7.56. The zero-order valence-electron chi connectivity index (χ0n) is 9.89. The van der Waals surface area contributed by atoms with Crippen molar-refractivity contribution in [1.82, 2.24) is 4.90 Å². The fourth-order valence-corrected chi connectivity index (χ4v) is 1.70. The normalized spacial score (nSPS) is 12.8. The number of ether oxygens (including phenoxy) is 1. The number of thioether (sulfide) groups is 1. The van der Waals surface area contributed by atoms with E-state index in [-0.39, 0.29) is 12.6 Å². The van der Waals surface area contributed by atoms with Gasteiger partial charge in [-0.15, -0.1) is 0 Å². The summed E-state index contributed by atoms with van der Waals surface area (Å²) in [5.74, 6) is 0.840. The van der Waals surface area contributed by atoms with Gasteiger partial charge in [0.25, 0.3) is 0 Å². The Morgan fingerprint density at radius 1 is 1.50 bits per heavy atom. The third-order valence-electron chi connectivity index (χ3n) is 1.77. The number of hydrogen-bond acceptors (Lipinski definition) is 6. The molecule has 16 heavy (non-hydrogen) atoms. The van der Waals surface area contributed by atoms with E-state index < -0.39 is 6.10 Å². The second kappa shape index (κ2) is 9.89. The van der Waals surface area contributed by atoms with Gasteiger partial charge in [0.15, 0.2) is 0 Å². The lowest BCUT2D eigenvalue weighted by atomic mass is 10.4. The van der Waals surface area contributed by atoms with Crippen molar-refractivity contribution in [2.45, 2.75) is 12.5 Å². The monoisotopic (exact) mass is 251 g/mol. The lowest BCUT2D eigenvalue weighted by Gasteiger charge is -2.10. The predicted molar refractivity (Wildman–Crippen MR) is 64.5 cm³/mol. The van der Waals surface area contributed by atoms with Gasteiger partial charge in [-0.3, -0.25) is 4.79 Å². The van der Waals surface area contributed by atoms with Crippen LogP contribution in [0.15, 0.2) is 0 Å². The minimum Gasteiger partial charge on any atom is -0.464 e. The number of nitrogens with zero attached hydrogens (tertiary/aromatic N) is 1. The van der Waals surface area contributed by atoms with Crippen molar-refractivity contribution in [2.75, 3.05) is 45.4 Å². The molecule has 0 aliphatic carbocycles. The number of carbonyl (C=O) groups is 1. The molecule has 0 saturated carbocycles. The topological polar surface area (TPSA) is 70.0 Å². The summed E-state index contributed by atoms with van der Waals surface area (Å²) in [5.41, 5.74) is 0. The lowest BCUT2D eigenvalue weighted by molar-refractivity contribution is -0.143. The van der Waals surface area contributed by atoms with Crippen LogP contribution in [0.25, 0.3) is 0 Å². The molecule has 0 aromatic carbocycles. The van der Waals surface area contributed by atoms with E-state index in [2.05, 4.69) is 0 Å². The number of carbonyl (C=O) groups excluding carboxylic acids is 1. The maximum atomic E-state index is 11.2. The largest absolute Gasteiger partial charge is 0.464 e. The average molecular weight is 251 g/mol. The van der Waals surface area contributed by atoms with E-state index >= 15 is 0 Å². The Labute approximate surface area is 101 Å². The summed E-state index contributed by atoms with van der Waals surface area (Å²) < 4.78 is 4.98. The van der Waals surface area contributed by atoms with E-state index in [1.165, 1.54) is 11.8 Å². The molecule has 0 radical (unpaired) electrons. The molecule has 0 amide bonds. The van der Waals surface area contributed by atoms with E-state index in [0.717, 1.165) is 6.54 Å². The van der Waals surface area contributed by atoms with E-state index in [0.29, 0.717) is 24.5 Å². The summed E-state index contributed by atoms with van der Waals surface area (Å²) in [4.78, 5) is 13.1. The van der Waals surface area contributed by atoms with Crippen LogP contribution < -0.4 is 0 Å². The van der Waals surface area contributed by atoms with Crippen LogP contribution >= 0.6 is 11.8 Å². The zero-order chi connectivity index (χ0) is 12.4. The highest BCUT2D eigenvalue weighted by Gasteiger charge is 2.05. The van der Waals surface area contributed by atoms with Crippen molar-refractivity contribution in [1.29, 1.82) is 0 Å². The third-order valence-corrected chi connectivity index (χ3v) is 2.89. The van der Waals surface area contributed by atoms with Gasteiger partial charge in [-0.2, -0.15) is 11.8 Å². The molecule has 1 atom stereocenters. The smallest absolute Gasteiger partial charge is 0.306 e. The van der Waals surface area contributed by atoms with Crippen LogP contribution in [-0.4, -0.2) is 72.5 Å². The fourth-order valence-electron chi connectivity index (χ4n) is 0.842. The lowest BCUT2D eigenvalue weighted by Crippen LogP contribution is -2.20. The standard InChI is InChI=1S/C10H21NO4S/c1-11(2)4-5-15-10(14)3-6-16-8-9(13)7-12/h9,12-13H,3-8H2,1-2H3.